The monoisotopic (exact) mass is 313 g/mol. The summed E-state index contributed by atoms with van der Waals surface area (Å²) in [6.45, 7) is 3.49. The molecule has 0 saturated heterocycles. The summed E-state index contributed by atoms with van der Waals surface area (Å²) in [6.07, 6.45) is 0.451. The number of carbonyl (C=O) groups excluding carboxylic acids is 2. The van der Waals surface area contributed by atoms with Gasteiger partial charge in [0.1, 0.15) is 12.4 Å². The van der Waals surface area contributed by atoms with Crippen molar-refractivity contribution in [1.29, 1.82) is 0 Å². The van der Waals surface area contributed by atoms with Crippen molar-refractivity contribution in [2.75, 3.05) is 13.2 Å². The highest BCUT2D eigenvalue weighted by atomic mass is 79.9. The van der Waals surface area contributed by atoms with Crippen LogP contribution in [-0.2, 0) is 9.53 Å². The number of carbonyl (C=O) groups is 2. The van der Waals surface area contributed by atoms with Gasteiger partial charge in [0, 0.05) is 10.5 Å². The van der Waals surface area contributed by atoms with Gasteiger partial charge in [0.2, 0.25) is 0 Å². The molecule has 1 rings (SSSR count). The van der Waals surface area contributed by atoms with Crippen molar-refractivity contribution in [3.63, 3.8) is 0 Å². The van der Waals surface area contributed by atoms with E-state index in [0.29, 0.717) is 5.75 Å². The third kappa shape index (κ3) is 5.49. The van der Waals surface area contributed by atoms with Gasteiger partial charge in [-0.05, 0) is 24.3 Å². The summed E-state index contributed by atoms with van der Waals surface area (Å²) in [5.74, 6) is -0.100. The van der Waals surface area contributed by atoms with Gasteiger partial charge in [0.15, 0.2) is 0 Å². The van der Waals surface area contributed by atoms with Crippen LogP contribution in [0.1, 0.15) is 0 Å². The smallest absolute Gasteiger partial charge is 0.412 e. The summed E-state index contributed by atoms with van der Waals surface area (Å²) < 4.78 is 10.5. The quantitative estimate of drug-likeness (QED) is 0.514. The lowest BCUT2D eigenvalue weighted by Crippen LogP contribution is -2.30. The molecule has 0 atom stereocenters. The molecule has 0 aliphatic heterocycles. The van der Waals surface area contributed by atoms with E-state index in [1.165, 1.54) is 0 Å². The van der Waals surface area contributed by atoms with Crippen LogP contribution in [0.25, 0.3) is 0 Å². The number of rotatable bonds is 5. The number of hydrogen-bond acceptors (Lipinski definition) is 4. The minimum Gasteiger partial charge on any atom is -0.461 e. The van der Waals surface area contributed by atoms with Crippen LogP contribution in [0.15, 0.2) is 41.4 Å². The molecule has 1 aromatic carbocycles. The van der Waals surface area contributed by atoms with Gasteiger partial charge < -0.3 is 14.8 Å². The standard InChI is InChI=1S/C12H12BrNO4/c1-2-11(15)17-8-7-14-12(16)18-10-5-3-9(13)4-6-10/h2-6H,1,7-8H2,(H,14,16). The number of hydrogen-bond donors (Lipinski definition) is 1. The normalized spacial score (nSPS) is 9.39. The lowest BCUT2D eigenvalue weighted by atomic mass is 10.3. The fourth-order valence-electron chi connectivity index (χ4n) is 1.01. The Hall–Kier alpha value is -1.82. The summed E-state index contributed by atoms with van der Waals surface area (Å²) in [6, 6.07) is 6.83. The molecule has 1 aromatic rings. The zero-order chi connectivity index (χ0) is 13.4. The molecular formula is C12H12BrNO4. The molecule has 6 heteroatoms. The molecule has 0 aliphatic carbocycles. The van der Waals surface area contributed by atoms with Crippen molar-refractivity contribution in [3.05, 3.63) is 41.4 Å². The highest BCUT2D eigenvalue weighted by Crippen LogP contribution is 2.15. The molecule has 1 N–H and O–H groups in total. The van der Waals surface area contributed by atoms with Gasteiger partial charge in [-0.15, -0.1) is 0 Å². The van der Waals surface area contributed by atoms with Crippen molar-refractivity contribution >= 4 is 28.0 Å². The Bertz CT molecular complexity index is 430. The van der Waals surface area contributed by atoms with Crippen LogP contribution in [-0.4, -0.2) is 25.2 Å². The van der Waals surface area contributed by atoms with E-state index in [1.54, 1.807) is 24.3 Å². The van der Waals surface area contributed by atoms with Crippen LogP contribution in [0.5, 0.6) is 5.75 Å². The summed E-state index contributed by atoms with van der Waals surface area (Å²) in [4.78, 5) is 22.0. The van der Waals surface area contributed by atoms with Gasteiger partial charge >= 0.3 is 12.1 Å². The van der Waals surface area contributed by atoms with E-state index >= 15 is 0 Å². The van der Waals surface area contributed by atoms with Gasteiger partial charge in [-0.25, -0.2) is 9.59 Å². The maximum atomic E-state index is 11.3. The molecule has 5 nitrogen and oxygen atoms in total. The number of amides is 1. The minimum atomic E-state index is -0.605. The number of ether oxygens (including phenoxy) is 2. The molecule has 0 heterocycles. The Morgan fingerprint density at radius 1 is 1.33 bits per heavy atom. The minimum absolute atomic E-state index is 0.0697. The summed E-state index contributed by atoms with van der Waals surface area (Å²) in [7, 11) is 0. The van der Waals surface area contributed by atoms with Crippen LogP contribution < -0.4 is 10.1 Å². The first-order chi connectivity index (χ1) is 8.61. The van der Waals surface area contributed by atoms with E-state index in [4.69, 9.17) is 4.74 Å². The maximum absolute atomic E-state index is 11.3. The van der Waals surface area contributed by atoms with E-state index in [9.17, 15) is 9.59 Å². The van der Waals surface area contributed by atoms with Crippen molar-refractivity contribution in [2.45, 2.75) is 0 Å². The van der Waals surface area contributed by atoms with Crippen molar-refractivity contribution < 1.29 is 19.1 Å². The second kappa shape index (κ2) is 7.50. The molecule has 0 unspecified atom stereocenters. The molecule has 0 aliphatic rings. The summed E-state index contributed by atoms with van der Waals surface area (Å²) in [5, 5.41) is 2.44. The van der Waals surface area contributed by atoms with Gasteiger partial charge in [0.25, 0.3) is 0 Å². The Morgan fingerprint density at radius 3 is 2.61 bits per heavy atom. The van der Waals surface area contributed by atoms with Crippen molar-refractivity contribution in [3.8, 4) is 5.75 Å². The number of esters is 1. The first-order valence-corrected chi connectivity index (χ1v) is 5.91. The van der Waals surface area contributed by atoms with Crippen LogP contribution in [0.4, 0.5) is 4.79 Å². The first kappa shape index (κ1) is 14.2. The molecule has 18 heavy (non-hydrogen) atoms. The maximum Gasteiger partial charge on any atom is 0.412 e. The number of benzene rings is 1. The predicted molar refractivity (Wildman–Crippen MR) is 69.3 cm³/mol. The largest absolute Gasteiger partial charge is 0.461 e. The second-order valence-corrected chi connectivity index (χ2v) is 4.06. The number of halogens is 1. The summed E-state index contributed by atoms with van der Waals surface area (Å²) in [5.41, 5.74) is 0. The van der Waals surface area contributed by atoms with Crippen LogP contribution >= 0.6 is 15.9 Å². The van der Waals surface area contributed by atoms with Crippen LogP contribution in [0.3, 0.4) is 0 Å². The molecule has 0 fully saturated rings. The Labute approximate surface area is 113 Å². The van der Waals surface area contributed by atoms with Gasteiger partial charge in [-0.1, -0.05) is 22.5 Å². The fraction of sp³-hybridized carbons (Fsp3) is 0.167. The first-order valence-electron chi connectivity index (χ1n) is 5.12. The third-order valence-corrected chi connectivity index (χ3v) is 2.34. The average molecular weight is 314 g/mol. The molecule has 0 bridgehead atoms. The van der Waals surface area contributed by atoms with Crippen molar-refractivity contribution in [1.82, 2.24) is 5.32 Å². The zero-order valence-electron chi connectivity index (χ0n) is 9.52. The third-order valence-electron chi connectivity index (χ3n) is 1.81. The topological polar surface area (TPSA) is 64.6 Å². The van der Waals surface area contributed by atoms with Gasteiger partial charge in [0.05, 0.1) is 6.54 Å². The molecule has 96 valence electrons. The van der Waals surface area contributed by atoms with Gasteiger partial charge in [-0.2, -0.15) is 0 Å². The second-order valence-electron chi connectivity index (χ2n) is 3.14. The van der Waals surface area contributed by atoms with E-state index in [-0.39, 0.29) is 13.2 Å². The highest BCUT2D eigenvalue weighted by Gasteiger charge is 2.03. The summed E-state index contributed by atoms with van der Waals surface area (Å²) >= 11 is 3.27. The molecule has 0 spiro atoms. The SMILES string of the molecule is C=CC(=O)OCCNC(=O)Oc1ccc(Br)cc1. The zero-order valence-corrected chi connectivity index (χ0v) is 11.1. The van der Waals surface area contributed by atoms with E-state index in [2.05, 4.69) is 32.6 Å². The number of nitrogens with one attached hydrogen (secondary N) is 1. The van der Waals surface area contributed by atoms with Crippen LogP contribution in [0.2, 0.25) is 0 Å². The van der Waals surface area contributed by atoms with Crippen molar-refractivity contribution in [2.24, 2.45) is 0 Å². The molecule has 0 aromatic heterocycles. The van der Waals surface area contributed by atoms with Gasteiger partial charge in [-0.3, -0.25) is 0 Å². The Morgan fingerprint density at radius 2 is 2.00 bits per heavy atom. The van der Waals surface area contributed by atoms with E-state index < -0.39 is 12.1 Å². The lowest BCUT2D eigenvalue weighted by molar-refractivity contribution is -0.137. The Kier molecular flexibility index (Phi) is 5.93. The highest BCUT2D eigenvalue weighted by molar-refractivity contribution is 9.10. The molecule has 1 amide bonds. The predicted octanol–water partition coefficient (Wildman–Crippen LogP) is 2.27. The molecular weight excluding hydrogens is 302 g/mol. The molecule has 0 saturated carbocycles. The fourth-order valence-corrected chi connectivity index (χ4v) is 1.27. The lowest BCUT2D eigenvalue weighted by Gasteiger charge is -2.06. The van der Waals surface area contributed by atoms with E-state index in [0.717, 1.165) is 10.5 Å². The average Bonchev–Trinajstić information content (AvgIpc) is 2.37. The van der Waals surface area contributed by atoms with E-state index in [1.807, 2.05) is 0 Å². The van der Waals surface area contributed by atoms with Crippen LogP contribution in [0, 0.1) is 0 Å². The molecule has 0 radical (unpaired) electrons. The Balaban J connectivity index is 2.23.